The molecule has 0 spiro atoms. The van der Waals surface area contributed by atoms with E-state index in [2.05, 4.69) is 4.90 Å². The van der Waals surface area contributed by atoms with Gasteiger partial charge in [0.15, 0.2) is 0 Å². The number of sulfonamides is 1. The molecule has 0 unspecified atom stereocenters. The van der Waals surface area contributed by atoms with Gasteiger partial charge in [-0.2, -0.15) is 0 Å². The molecule has 0 bridgehead atoms. The number of carbonyl (C=O) groups excluding carboxylic acids is 1. The van der Waals surface area contributed by atoms with Gasteiger partial charge < -0.3 is 9.80 Å². The molecule has 32 heavy (non-hydrogen) atoms. The quantitative estimate of drug-likeness (QED) is 0.549. The fourth-order valence-electron chi connectivity index (χ4n) is 3.75. The first-order chi connectivity index (χ1) is 15.5. The molecule has 1 saturated heterocycles. The number of rotatable bonds is 6. The Kier molecular flexibility index (Phi) is 6.67. The van der Waals surface area contributed by atoms with Crippen molar-refractivity contribution in [2.75, 3.05) is 41.9 Å². The number of anilines is 2. The molecule has 0 atom stereocenters. The fourth-order valence-corrected chi connectivity index (χ4v) is 5.49. The van der Waals surface area contributed by atoms with Gasteiger partial charge in [-0.15, -0.1) is 0 Å². The Morgan fingerprint density at radius 3 is 2.00 bits per heavy atom. The SMILES string of the molecule is O=C(CN(c1ccccc1Cl)S(=O)(=O)c1ccccc1)N1CCN(c2ccccc2)CC1. The number of nitrogens with zero attached hydrogens (tertiary/aromatic N) is 3. The molecule has 1 fully saturated rings. The maximum atomic E-state index is 13.4. The first-order valence-corrected chi connectivity index (χ1v) is 12.2. The summed E-state index contributed by atoms with van der Waals surface area (Å²) >= 11 is 6.33. The Hall–Kier alpha value is -3.03. The summed E-state index contributed by atoms with van der Waals surface area (Å²) in [5.41, 5.74) is 1.40. The number of benzene rings is 3. The normalized spacial score (nSPS) is 14.3. The summed E-state index contributed by atoms with van der Waals surface area (Å²) < 4.78 is 28.0. The van der Waals surface area contributed by atoms with Crippen LogP contribution in [0.2, 0.25) is 5.02 Å². The van der Waals surface area contributed by atoms with Gasteiger partial charge in [-0.05, 0) is 36.4 Å². The summed E-state index contributed by atoms with van der Waals surface area (Å²) in [4.78, 5) is 17.2. The Morgan fingerprint density at radius 1 is 0.812 bits per heavy atom. The van der Waals surface area contributed by atoms with Crippen molar-refractivity contribution in [3.8, 4) is 0 Å². The van der Waals surface area contributed by atoms with E-state index in [0.29, 0.717) is 26.2 Å². The van der Waals surface area contributed by atoms with Gasteiger partial charge in [0.25, 0.3) is 10.0 Å². The van der Waals surface area contributed by atoms with Gasteiger partial charge >= 0.3 is 0 Å². The smallest absolute Gasteiger partial charge is 0.264 e. The summed E-state index contributed by atoms with van der Waals surface area (Å²) in [5.74, 6) is -0.253. The maximum absolute atomic E-state index is 13.4. The van der Waals surface area contributed by atoms with Crippen LogP contribution in [0.15, 0.2) is 89.8 Å². The molecule has 3 aromatic carbocycles. The second-order valence-corrected chi connectivity index (χ2v) is 9.75. The zero-order valence-corrected chi connectivity index (χ0v) is 19.0. The molecule has 0 aliphatic carbocycles. The molecule has 1 amide bonds. The van der Waals surface area contributed by atoms with E-state index >= 15 is 0 Å². The predicted molar refractivity (Wildman–Crippen MR) is 128 cm³/mol. The van der Waals surface area contributed by atoms with Crippen molar-refractivity contribution >= 4 is 38.9 Å². The van der Waals surface area contributed by atoms with Crippen LogP contribution in [0.4, 0.5) is 11.4 Å². The number of hydrogen-bond acceptors (Lipinski definition) is 4. The first-order valence-electron chi connectivity index (χ1n) is 10.4. The second kappa shape index (κ2) is 9.63. The predicted octanol–water partition coefficient (Wildman–Crippen LogP) is 3.88. The largest absolute Gasteiger partial charge is 0.368 e. The van der Waals surface area contributed by atoms with Crippen LogP contribution in [-0.4, -0.2) is 51.9 Å². The summed E-state index contributed by atoms with van der Waals surface area (Å²) in [6.45, 7) is 2.11. The van der Waals surface area contributed by atoms with Crippen molar-refractivity contribution in [3.05, 3.63) is 90.0 Å². The van der Waals surface area contributed by atoms with E-state index in [1.54, 1.807) is 47.4 Å². The minimum atomic E-state index is -3.97. The lowest BCUT2D eigenvalue weighted by atomic mass is 10.2. The molecule has 1 aliphatic rings. The van der Waals surface area contributed by atoms with E-state index in [1.165, 1.54) is 12.1 Å². The van der Waals surface area contributed by atoms with Gasteiger partial charge in [-0.1, -0.05) is 60.1 Å². The van der Waals surface area contributed by atoms with Crippen molar-refractivity contribution in [2.45, 2.75) is 4.90 Å². The average molecular weight is 470 g/mol. The monoisotopic (exact) mass is 469 g/mol. The summed E-state index contributed by atoms with van der Waals surface area (Å²) in [5, 5.41) is 0.272. The molecule has 6 nitrogen and oxygen atoms in total. The van der Waals surface area contributed by atoms with E-state index in [-0.39, 0.29) is 28.1 Å². The van der Waals surface area contributed by atoms with Crippen LogP contribution in [-0.2, 0) is 14.8 Å². The van der Waals surface area contributed by atoms with Crippen molar-refractivity contribution in [1.82, 2.24) is 4.90 Å². The topological polar surface area (TPSA) is 60.9 Å². The summed E-state index contributed by atoms with van der Waals surface area (Å²) in [7, 11) is -3.97. The van der Waals surface area contributed by atoms with Crippen LogP contribution < -0.4 is 9.21 Å². The van der Waals surface area contributed by atoms with Crippen molar-refractivity contribution in [2.24, 2.45) is 0 Å². The molecule has 166 valence electrons. The fraction of sp³-hybridized carbons (Fsp3) is 0.208. The molecule has 1 aliphatic heterocycles. The van der Waals surface area contributed by atoms with E-state index in [9.17, 15) is 13.2 Å². The van der Waals surface area contributed by atoms with E-state index < -0.39 is 10.0 Å². The minimum Gasteiger partial charge on any atom is -0.368 e. The second-order valence-electron chi connectivity index (χ2n) is 7.48. The van der Waals surface area contributed by atoms with Gasteiger partial charge in [-0.3, -0.25) is 9.10 Å². The van der Waals surface area contributed by atoms with Crippen LogP contribution >= 0.6 is 11.6 Å². The standard InChI is InChI=1S/C24H24ClN3O3S/c25-22-13-7-8-14-23(22)28(32(30,31)21-11-5-2-6-12-21)19-24(29)27-17-15-26(16-18-27)20-9-3-1-4-10-20/h1-14H,15-19H2. The number of para-hydroxylation sites is 2. The third kappa shape index (κ3) is 4.74. The molecule has 1 heterocycles. The van der Waals surface area contributed by atoms with Gasteiger partial charge in [0, 0.05) is 31.9 Å². The maximum Gasteiger partial charge on any atom is 0.264 e. The van der Waals surface area contributed by atoms with Crippen LogP contribution in [0, 0.1) is 0 Å². The van der Waals surface area contributed by atoms with Gasteiger partial charge in [-0.25, -0.2) is 8.42 Å². The Bertz CT molecular complexity index is 1170. The Morgan fingerprint density at radius 2 is 1.38 bits per heavy atom. The number of hydrogen-bond donors (Lipinski definition) is 0. The van der Waals surface area contributed by atoms with Gasteiger partial charge in [0.1, 0.15) is 6.54 Å². The molecule has 0 N–H and O–H groups in total. The Balaban J connectivity index is 1.54. The number of carbonyl (C=O) groups is 1. The van der Waals surface area contributed by atoms with Crippen molar-refractivity contribution in [3.63, 3.8) is 0 Å². The zero-order valence-electron chi connectivity index (χ0n) is 17.5. The number of piperazine rings is 1. The lowest BCUT2D eigenvalue weighted by Crippen LogP contribution is -2.52. The minimum absolute atomic E-state index is 0.113. The molecule has 0 saturated carbocycles. The van der Waals surface area contributed by atoms with Crippen LogP contribution in [0.1, 0.15) is 0 Å². The van der Waals surface area contributed by atoms with E-state index in [0.717, 1.165) is 9.99 Å². The van der Waals surface area contributed by atoms with Crippen molar-refractivity contribution in [1.29, 1.82) is 0 Å². The Labute approximate surface area is 193 Å². The highest BCUT2D eigenvalue weighted by molar-refractivity contribution is 7.92. The zero-order chi connectivity index (χ0) is 22.6. The average Bonchev–Trinajstić information content (AvgIpc) is 2.84. The first kappa shape index (κ1) is 22.2. The third-order valence-electron chi connectivity index (χ3n) is 5.48. The lowest BCUT2D eigenvalue weighted by Gasteiger charge is -2.37. The highest BCUT2D eigenvalue weighted by Crippen LogP contribution is 2.30. The molecule has 8 heteroatoms. The van der Waals surface area contributed by atoms with Crippen LogP contribution in [0.3, 0.4) is 0 Å². The van der Waals surface area contributed by atoms with Crippen LogP contribution in [0.5, 0.6) is 0 Å². The molecule has 0 aromatic heterocycles. The number of halogens is 1. The molecular weight excluding hydrogens is 446 g/mol. The van der Waals surface area contributed by atoms with Crippen molar-refractivity contribution < 1.29 is 13.2 Å². The highest BCUT2D eigenvalue weighted by atomic mass is 35.5. The van der Waals surface area contributed by atoms with E-state index in [1.807, 2.05) is 30.3 Å². The molecule has 0 radical (unpaired) electrons. The molecule has 4 rings (SSSR count). The molecule has 3 aromatic rings. The summed E-state index contributed by atoms with van der Waals surface area (Å²) in [6.07, 6.45) is 0. The van der Waals surface area contributed by atoms with E-state index in [4.69, 9.17) is 11.6 Å². The lowest BCUT2D eigenvalue weighted by molar-refractivity contribution is -0.129. The molecular formula is C24H24ClN3O3S. The van der Waals surface area contributed by atoms with Gasteiger partial charge in [0.05, 0.1) is 15.6 Å². The van der Waals surface area contributed by atoms with Gasteiger partial charge in [0.2, 0.25) is 5.91 Å². The van der Waals surface area contributed by atoms with Crippen LogP contribution in [0.25, 0.3) is 0 Å². The highest BCUT2D eigenvalue weighted by Gasteiger charge is 2.31. The summed E-state index contributed by atoms with van der Waals surface area (Å²) in [6, 6.07) is 24.8. The number of amides is 1. The third-order valence-corrected chi connectivity index (χ3v) is 7.58.